The number of aromatic nitrogens is 2. The number of carbonyl (C=O) groups excluding carboxylic acids is 1. The summed E-state index contributed by atoms with van der Waals surface area (Å²) >= 11 is 0. The van der Waals surface area contributed by atoms with Crippen molar-refractivity contribution >= 4 is 6.03 Å². The van der Waals surface area contributed by atoms with Crippen LogP contribution < -0.4 is 0 Å². The molecule has 0 spiro atoms. The Morgan fingerprint density at radius 2 is 1.60 bits per heavy atom. The van der Waals surface area contributed by atoms with Crippen LogP contribution in [-0.2, 0) is 10.9 Å². The maximum absolute atomic E-state index is 13.3. The van der Waals surface area contributed by atoms with Crippen LogP contribution in [0.3, 0.4) is 0 Å². The second-order valence-corrected chi connectivity index (χ2v) is 8.86. The highest BCUT2D eigenvalue weighted by molar-refractivity contribution is 5.75. The maximum Gasteiger partial charge on any atom is 0.416 e. The third-order valence-electron chi connectivity index (χ3n) is 6.54. The first kappa shape index (κ1) is 23.3. The summed E-state index contributed by atoms with van der Waals surface area (Å²) in [5, 5.41) is 4.12. The van der Waals surface area contributed by atoms with Crippen LogP contribution in [0, 0.1) is 0 Å². The summed E-state index contributed by atoms with van der Waals surface area (Å²) in [6, 6.07) is 14.5. The van der Waals surface area contributed by atoms with Crippen molar-refractivity contribution in [1.29, 1.82) is 0 Å². The number of nitrogens with zero attached hydrogens (tertiary/aromatic N) is 4. The molecule has 2 amide bonds. The Morgan fingerprint density at radius 3 is 2.29 bits per heavy atom. The van der Waals surface area contributed by atoms with Gasteiger partial charge in [0.25, 0.3) is 0 Å². The molecule has 0 aliphatic carbocycles. The quantitative estimate of drug-likeness (QED) is 0.533. The van der Waals surface area contributed by atoms with Crippen LogP contribution in [0.5, 0.6) is 0 Å². The minimum absolute atomic E-state index is 0.113. The zero-order chi connectivity index (χ0) is 24.4. The smallest absolute Gasteiger partial charge is 0.378 e. The molecule has 2 atom stereocenters. The minimum atomic E-state index is -4.40. The molecule has 2 aromatic carbocycles. The van der Waals surface area contributed by atoms with Crippen LogP contribution in [0.15, 0.2) is 59.1 Å². The molecule has 10 heteroatoms. The van der Waals surface area contributed by atoms with Crippen molar-refractivity contribution in [2.24, 2.45) is 0 Å². The first-order valence-electron chi connectivity index (χ1n) is 11.6. The number of ether oxygens (including phenoxy) is 1. The molecule has 0 saturated carbocycles. The van der Waals surface area contributed by atoms with Gasteiger partial charge in [-0.2, -0.15) is 18.2 Å². The number of rotatable bonds is 3. The van der Waals surface area contributed by atoms with E-state index in [1.54, 1.807) is 9.80 Å². The Bertz CT molecular complexity index is 1140. The molecule has 2 aliphatic heterocycles. The Kier molecular flexibility index (Phi) is 6.46. The average Bonchev–Trinajstić information content (AvgIpc) is 3.39. The highest BCUT2D eigenvalue weighted by Gasteiger charge is 2.37. The molecular formula is C25H25F3N4O3. The lowest BCUT2D eigenvalue weighted by Crippen LogP contribution is -2.52. The Labute approximate surface area is 200 Å². The number of likely N-dealkylation sites (tertiary alicyclic amines) is 1. The molecule has 0 radical (unpaired) electrons. The first-order valence-corrected chi connectivity index (χ1v) is 11.6. The fourth-order valence-corrected chi connectivity index (χ4v) is 4.68. The predicted octanol–water partition coefficient (Wildman–Crippen LogP) is 4.78. The van der Waals surface area contributed by atoms with E-state index in [1.807, 2.05) is 30.3 Å². The maximum atomic E-state index is 13.3. The van der Waals surface area contributed by atoms with Crippen molar-refractivity contribution in [2.75, 3.05) is 39.4 Å². The molecule has 5 rings (SSSR count). The normalized spacial score (nSPS) is 21.2. The first-order chi connectivity index (χ1) is 16.9. The number of carbonyl (C=O) groups is 1. The van der Waals surface area contributed by atoms with Gasteiger partial charge in [-0.05, 0) is 24.1 Å². The molecule has 3 heterocycles. The monoisotopic (exact) mass is 486 g/mol. The van der Waals surface area contributed by atoms with Crippen molar-refractivity contribution in [3.05, 3.63) is 71.6 Å². The number of hydrogen-bond acceptors (Lipinski definition) is 5. The SMILES string of the molecule is O=C(N1CCOCC1)N1CC(c2ccc(C(F)(F)F)cc2)CC(c2nc(-c3ccccc3)no2)C1. The van der Waals surface area contributed by atoms with E-state index < -0.39 is 11.7 Å². The second kappa shape index (κ2) is 9.69. The van der Waals surface area contributed by atoms with Gasteiger partial charge in [0, 0.05) is 37.7 Å². The van der Waals surface area contributed by atoms with Crippen LogP contribution in [0.2, 0.25) is 0 Å². The summed E-state index contributed by atoms with van der Waals surface area (Å²) < 4.78 is 50.2. The number of urea groups is 1. The second-order valence-electron chi connectivity index (χ2n) is 8.86. The van der Waals surface area contributed by atoms with Crippen molar-refractivity contribution in [1.82, 2.24) is 19.9 Å². The summed E-state index contributed by atoms with van der Waals surface area (Å²) in [5.41, 5.74) is 0.864. The highest BCUT2D eigenvalue weighted by atomic mass is 19.4. The third kappa shape index (κ3) is 5.17. The lowest BCUT2D eigenvalue weighted by molar-refractivity contribution is -0.137. The van der Waals surface area contributed by atoms with Crippen molar-refractivity contribution < 1.29 is 27.2 Å². The van der Waals surface area contributed by atoms with Crippen LogP contribution in [0.4, 0.5) is 18.0 Å². The van der Waals surface area contributed by atoms with Crippen LogP contribution in [0.25, 0.3) is 11.4 Å². The number of halogens is 3. The predicted molar refractivity (Wildman–Crippen MR) is 121 cm³/mol. The lowest BCUT2D eigenvalue weighted by atomic mass is 9.84. The van der Waals surface area contributed by atoms with Gasteiger partial charge >= 0.3 is 12.2 Å². The van der Waals surface area contributed by atoms with Crippen molar-refractivity contribution in [3.63, 3.8) is 0 Å². The van der Waals surface area contributed by atoms with Crippen molar-refractivity contribution in [3.8, 4) is 11.4 Å². The molecule has 2 aliphatic rings. The topological polar surface area (TPSA) is 71.7 Å². The van der Waals surface area contributed by atoms with Gasteiger partial charge in [-0.3, -0.25) is 0 Å². The van der Waals surface area contributed by atoms with Gasteiger partial charge in [-0.15, -0.1) is 0 Å². The molecule has 184 valence electrons. The van der Waals surface area contributed by atoms with E-state index in [1.165, 1.54) is 12.1 Å². The number of benzene rings is 2. The van der Waals surface area contributed by atoms with E-state index >= 15 is 0 Å². The van der Waals surface area contributed by atoms with Crippen molar-refractivity contribution in [2.45, 2.75) is 24.4 Å². The van der Waals surface area contributed by atoms with E-state index in [4.69, 9.17) is 9.26 Å². The summed E-state index contributed by atoms with van der Waals surface area (Å²) in [7, 11) is 0. The number of morpholine rings is 1. The number of hydrogen-bond donors (Lipinski definition) is 0. The van der Waals surface area contributed by atoms with Gasteiger partial charge in [0.2, 0.25) is 11.7 Å². The molecule has 0 bridgehead atoms. The van der Waals surface area contributed by atoms with E-state index in [2.05, 4.69) is 10.1 Å². The van der Waals surface area contributed by atoms with Gasteiger partial charge in [0.1, 0.15) is 0 Å². The van der Waals surface area contributed by atoms with E-state index in [9.17, 15) is 18.0 Å². The fraction of sp³-hybridized carbons (Fsp3) is 0.400. The molecule has 3 aromatic rings. The van der Waals surface area contributed by atoms with Crippen LogP contribution in [-0.4, -0.2) is 65.4 Å². The molecule has 35 heavy (non-hydrogen) atoms. The average molecular weight is 486 g/mol. The molecule has 0 N–H and O–H groups in total. The summed E-state index contributed by atoms with van der Waals surface area (Å²) in [4.78, 5) is 21.4. The Morgan fingerprint density at radius 1 is 0.914 bits per heavy atom. The van der Waals surface area contributed by atoms with Gasteiger partial charge < -0.3 is 19.1 Å². The molecular weight excluding hydrogens is 461 g/mol. The molecule has 2 saturated heterocycles. The number of amides is 2. The number of piperidine rings is 1. The summed E-state index contributed by atoms with van der Waals surface area (Å²) in [6.07, 6.45) is -3.82. The van der Waals surface area contributed by atoms with Gasteiger partial charge in [-0.1, -0.05) is 47.6 Å². The van der Waals surface area contributed by atoms with Crippen LogP contribution >= 0.6 is 0 Å². The summed E-state index contributed by atoms with van der Waals surface area (Å²) in [5.74, 6) is 0.461. The zero-order valence-corrected chi connectivity index (χ0v) is 18.9. The number of alkyl halides is 3. The zero-order valence-electron chi connectivity index (χ0n) is 18.9. The minimum Gasteiger partial charge on any atom is -0.378 e. The molecule has 7 nitrogen and oxygen atoms in total. The van der Waals surface area contributed by atoms with E-state index in [0.29, 0.717) is 57.5 Å². The highest BCUT2D eigenvalue weighted by Crippen LogP contribution is 2.37. The molecule has 2 unspecified atom stereocenters. The summed E-state index contributed by atoms with van der Waals surface area (Å²) in [6.45, 7) is 2.76. The van der Waals surface area contributed by atoms with E-state index in [0.717, 1.165) is 23.3 Å². The fourth-order valence-electron chi connectivity index (χ4n) is 4.68. The molecule has 1 aromatic heterocycles. The molecule has 2 fully saturated rings. The van der Waals surface area contributed by atoms with Gasteiger partial charge in [0.15, 0.2) is 0 Å². The standard InChI is InChI=1S/C25H25F3N4O3/c26-25(27,28)21-8-6-17(7-9-21)19-14-20(16-32(15-19)24(33)31-10-12-34-13-11-31)23-29-22(30-35-23)18-4-2-1-3-5-18/h1-9,19-20H,10-16H2. The largest absolute Gasteiger partial charge is 0.416 e. The van der Waals surface area contributed by atoms with Crippen LogP contribution in [0.1, 0.15) is 35.3 Å². The van der Waals surface area contributed by atoms with E-state index in [-0.39, 0.29) is 17.9 Å². The Hall–Kier alpha value is -3.40. The third-order valence-corrected chi connectivity index (χ3v) is 6.54. The Balaban J connectivity index is 1.41. The van der Waals surface area contributed by atoms with Gasteiger partial charge in [-0.25, -0.2) is 4.79 Å². The lowest BCUT2D eigenvalue weighted by Gasteiger charge is -2.40. The van der Waals surface area contributed by atoms with Gasteiger partial charge in [0.05, 0.1) is 24.7 Å².